The Balaban J connectivity index is 0.00000101. The van der Waals surface area contributed by atoms with E-state index in [0.29, 0.717) is 41.6 Å². The monoisotopic (exact) mass is 429 g/mol. The van der Waals surface area contributed by atoms with Gasteiger partial charge in [0.1, 0.15) is 11.5 Å². The first-order valence-electron chi connectivity index (χ1n) is 9.48. The summed E-state index contributed by atoms with van der Waals surface area (Å²) >= 11 is 1.75. The molecule has 0 spiro atoms. The van der Waals surface area contributed by atoms with Gasteiger partial charge in [0.2, 0.25) is 0 Å². The fraction of sp³-hybridized carbons (Fsp3) is 0.261. The van der Waals surface area contributed by atoms with Crippen molar-refractivity contribution >= 4 is 23.1 Å². The summed E-state index contributed by atoms with van der Waals surface area (Å²) in [5.41, 5.74) is 9.23. The molecule has 1 heterocycles. The highest BCUT2D eigenvalue weighted by Gasteiger charge is 2.12. The van der Waals surface area contributed by atoms with Gasteiger partial charge in [-0.3, -0.25) is 4.98 Å². The van der Waals surface area contributed by atoms with E-state index in [4.69, 9.17) is 15.2 Å². The van der Waals surface area contributed by atoms with Gasteiger partial charge in [-0.1, -0.05) is 18.2 Å². The van der Waals surface area contributed by atoms with Crippen LogP contribution in [-0.2, 0) is 6.54 Å². The molecule has 3 N–H and O–H groups in total. The van der Waals surface area contributed by atoms with Gasteiger partial charge in [-0.05, 0) is 55.3 Å². The lowest BCUT2D eigenvalue weighted by molar-refractivity contribution is 0.310. The molecule has 0 aliphatic rings. The number of methoxy groups -OCH3 is 1. The van der Waals surface area contributed by atoms with Gasteiger partial charge in [0.15, 0.2) is 11.5 Å². The molecule has 0 fully saturated rings. The molecule has 0 saturated carbocycles. The first-order chi connectivity index (χ1) is 14.5. The number of thioether (sulfide) groups is 1. The Morgan fingerprint density at radius 2 is 1.87 bits per heavy atom. The van der Waals surface area contributed by atoms with E-state index in [9.17, 15) is 4.39 Å². The van der Waals surface area contributed by atoms with Crippen LogP contribution in [0.2, 0.25) is 0 Å². The second kappa shape index (κ2) is 11.9. The summed E-state index contributed by atoms with van der Waals surface area (Å²) in [6.45, 7) is 3.01. The molecule has 7 heteroatoms. The predicted molar refractivity (Wildman–Crippen MR) is 125 cm³/mol. The molecule has 0 saturated heterocycles. The molecule has 0 atom stereocenters. The number of nitrogen functional groups attached to an aromatic ring is 1. The highest BCUT2D eigenvalue weighted by molar-refractivity contribution is 7.97. The highest BCUT2D eigenvalue weighted by atomic mass is 32.2. The minimum atomic E-state index is -0.405. The minimum absolute atomic E-state index is 0.238. The number of aromatic nitrogens is 1. The van der Waals surface area contributed by atoms with Gasteiger partial charge in [0.25, 0.3) is 0 Å². The maximum atomic E-state index is 14.1. The van der Waals surface area contributed by atoms with Crippen molar-refractivity contribution in [1.82, 2.24) is 4.98 Å². The Kier molecular flexibility index (Phi) is 9.28. The average Bonchev–Trinajstić information content (AvgIpc) is 2.75. The molecule has 0 radical (unpaired) electrons. The molecule has 0 aliphatic carbocycles. The van der Waals surface area contributed by atoms with Crippen molar-refractivity contribution in [1.29, 1.82) is 0 Å². The highest BCUT2D eigenvalue weighted by Crippen LogP contribution is 2.33. The fourth-order valence-electron chi connectivity index (χ4n) is 2.81. The van der Waals surface area contributed by atoms with E-state index in [1.807, 2.05) is 49.8 Å². The Hall–Kier alpha value is -2.93. The summed E-state index contributed by atoms with van der Waals surface area (Å²) in [6.07, 6.45) is 5.63. The summed E-state index contributed by atoms with van der Waals surface area (Å²) in [7, 11) is 1.61. The lowest BCUT2D eigenvalue weighted by Gasteiger charge is -2.15. The number of nitrogens with two attached hydrogens (primary N) is 1. The SMILES string of the molecule is CCOc1cc(CNc2cccc(-c3ncccc3F)c2N)ccc1OC.CSC. The van der Waals surface area contributed by atoms with Crippen molar-refractivity contribution in [3.63, 3.8) is 0 Å². The van der Waals surface area contributed by atoms with Gasteiger partial charge in [0.05, 0.1) is 25.1 Å². The van der Waals surface area contributed by atoms with Crippen LogP contribution in [0.1, 0.15) is 12.5 Å². The molecule has 1 aromatic heterocycles. The third kappa shape index (κ3) is 6.03. The number of pyridine rings is 1. The van der Waals surface area contributed by atoms with Crippen molar-refractivity contribution < 1.29 is 13.9 Å². The molecule has 5 nitrogen and oxygen atoms in total. The van der Waals surface area contributed by atoms with Crippen LogP contribution < -0.4 is 20.5 Å². The Morgan fingerprint density at radius 1 is 1.10 bits per heavy atom. The summed E-state index contributed by atoms with van der Waals surface area (Å²) in [6, 6.07) is 14.1. The smallest absolute Gasteiger partial charge is 0.161 e. The number of halogens is 1. The van der Waals surface area contributed by atoms with E-state index >= 15 is 0 Å². The molecule has 3 aromatic rings. The predicted octanol–water partition coefficient (Wildman–Crippen LogP) is 5.47. The minimum Gasteiger partial charge on any atom is -0.493 e. The molecule has 30 heavy (non-hydrogen) atoms. The number of hydrogen-bond donors (Lipinski definition) is 2. The van der Waals surface area contributed by atoms with Gasteiger partial charge in [-0.25, -0.2) is 4.39 Å². The van der Waals surface area contributed by atoms with E-state index in [0.717, 1.165) is 5.56 Å². The van der Waals surface area contributed by atoms with E-state index < -0.39 is 5.82 Å². The van der Waals surface area contributed by atoms with Crippen LogP contribution in [0.25, 0.3) is 11.3 Å². The molecule has 0 aliphatic heterocycles. The maximum absolute atomic E-state index is 14.1. The summed E-state index contributed by atoms with van der Waals surface area (Å²) < 4.78 is 25.0. The van der Waals surface area contributed by atoms with Crippen LogP contribution in [-0.4, -0.2) is 31.2 Å². The fourth-order valence-corrected chi connectivity index (χ4v) is 2.81. The summed E-state index contributed by atoms with van der Waals surface area (Å²) in [5, 5.41) is 3.29. The van der Waals surface area contributed by atoms with E-state index in [1.54, 1.807) is 37.2 Å². The lowest BCUT2D eigenvalue weighted by Crippen LogP contribution is -2.05. The van der Waals surface area contributed by atoms with E-state index in [1.165, 1.54) is 6.07 Å². The number of nitrogens with zero attached hydrogens (tertiary/aromatic N) is 1. The van der Waals surface area contributed by atoms with Crippen molar-refractivity contribution in [3.05, 3.63) is 66.1 Å². The van der Waals surface area contributed by atoms with Crippen LogP contribution >= 0.6 is 11.8 Å². The van der Waals surface area contributed by atoms with E-state index in [2.05, 4.69) is 10.3 Å². The topological polar surface area (TPSA) is 69.4 Å². The first-order valence-corrected chi connectivity index (χ1v) is 11.1. The van der Waals surface area contributed by atoms with Gasteiger partial charge < -0.3 is 20.5 Å². The number of para-hydroxylation sites is 1. The lowest BCUT2D eigenvalue weighted by atomic mass is 10.1. The van der Waals surface area contributed by atoms with Crippen molar-refractivity contribution in [2.75, 3.05) is 37.3 Å². The molecule has 0 unspecified atom stereocenters. The van der Waals surface area contributed by atoms with Crippen molar-refractivity contribution in [2.45, 2.75) is 13.5 Å². The zero-order valence-electron chi connectivity index (χ0n) is 17.7. The average molecular weight is 430 g/mol. The number of anilines is 2. The largest absolute Gasteiger partial charge is 0.493 e. The molecule has 2 aromatic carbocycles. The van der Waals surface area contributed by atoms with Crippen LogP contribution in [0.15, 0.2) is 54.7 Å². The normalized spacial score (nSPS) is 10.0. The van der Waals surface area contributed by atoms with Crippen molar-refractivity contribution in [2.24, 2.45) is 0 Å². The maximum Gasteiger partial charge on any atom is 0.161 e. The number of hydrogen-bond acceptors (Lipinski definition) is 6. The summed E-state index contributed by atoms with van der Waals surface area (Å²) in [4.78, 5) is 4.11. The third-order valence-corrected chi connectivity index (χ3v) is 4.13. The molecule has 0 bridgehead atoms. The third-order valence-electron chi connectivity index (χ3n) is 4.13. The van der Waals surface area contributed by atoms with Crippen LogP contribution in [0.4, 0.5) is 15.8 Å². The van der Waals surface area contributed by atoms with Crippen molar-refractivity contribution in [3.8, 4) is 22.8 Å². The van der Waals surface area contributed by atoms with Crippen LogP contribution in [0.5, 0.6) is 11.5 Å². The van der Waals surface area contributed by atoms with Gasteiger partial charge in [0, 0.05) is 18.3 Å². The summed E-state index contributed by atoms with van der Waals surface area (Å²) in [5.74, 6) is 0.974. The van der Waals surface area contributed by atoms with Gasteiger partial charge in [-0.2, -0.15) is 11.8 Å². The quantitative estimate of drug-likeness (QED) is 0.486. The number of rotatable bonds is 7. The Morgan fingerprint density at radius 3 is 2.53 bits per heavy atom. The molecule has 0 amide bonds. The van der Waals surface area contributed by atoms with Gasteiger partial charge in [-0.15, -0.1) is 0 Å². The second-order valence-corrected chi connectivity index (χ2v) is 7.10. The second-order valence-electron chi connectivity index (χ2n) is 6.28. The first kappa shape index (κ1) is 23.3. The molecular weight excluding hydrogens is 401 g/mol. The number of ether oxygens (including phenoxy) is 2. The van der Waals surface area contributed by atoms with Crippen LogP contribution in [0, 0.1) is 5.82 Å². The molecule has 3 rings (SSSR count). The number of nitrogens with one attached hydrogen (secondary N) is 1. The molecule has 160 valence electrons. The Labute approximate surface area is 181 Å². The van der Waals surface area contributed by atoms with Gasteiger partial charge >= 0.3 is 0 Å². The van der Waals surface area contributed by atoms with Crippen LogP contribution in [0.3, 0.4) is 0 Å². The number of benzene rings is 2. The zero-order chi connectivity index (χ0) is 21.9. The standard InChI is InChI=1S/C21H22FN3O2.C2H6S/c1-3-27-19-12-14(9-10-18(19)26-2)13-25-17-8-4-6-15(20(17)23)21-16(22)7-5-11-24-21;1-3-2/h4-12,25H,3,13,23H2,1-2H3;1-2H3. The Bertz CT molecular complexity index is 953. The zero-order valence-corrected chi connectivity index (χ0v) is 18.6. The van der Waals surface area contributed by atoms with E-state index in [-0.39, 0.29) is 5.69 Å². The molecular formula is C23H28FN3O2S.